The number of nitrogens with one attached hydrogen (secondary N) is 1. The Balaban J connectivity index is 1.87. The van der Waals surface area contributed by atoms with Crippen LogP contribution in [0.1, 0.15) is 24.5 Å². The van der Waals surface area contributed by atoms with Gasteiger partial charge in [0.25, 0.3) is 5.91 Å². The van der Waals surface area contributed by atoms with Crippen LogP contribution in [-0.2, 0) is 22.6 Å². The number of para-hydroxylation sites is 1. The number of carbonyl (C=O) groups excluding carboxylic acids is 2. The Labute approximate surface area is 194 Å². The highest BCUT2D eigenvalue weighted by Gasteiger charge is 2.30. The standard InChI is InChI=1S/C27H29FN2O3/c1-2-17-29-27(32)25(18-21-9-5-3-6-10-21)30(19-22-13-15-23(28)16-14-22)26(31)20-33-24-11-7-4-8-12-24/h3-16,25H,2,17-20H2,1H3,(H,29,32)/t25-/m0/s1. The number of ether oxygens (including phenoxy) is 1. The Morgan fingerprint density at radius 1 is 0.909 bits per heavy atom. The first kappa shape index (κ1) is 24.0. The summed E-state index contributed by atoms with van der Waals surface area (Å²) in [5.41, 5.74) is 1.67. The summed E-state index contributed by atoms with van der Waals surface area (Å²) in [6.07, 6.45) is 1.14. The molecule has 0 fully saturated rings. The van der Waals surface area contributed by atoms with Crippen molar-refractivity contribution in [1.82, 2.24) is 10.2 Å². The normalized spacial score (nSPS) is 11.5. The van der Waals surface area contributed by atoms with E-state index >= 15 is 0 Å². The SMILES string of the molecule is CCCNC(=O)[C@H](Cc1ccccc1)N(Cc1ccc(F)cc1)C(=O)COc1ccccc1. The third-order valence-electron chi connectivity index (χ3n) is 5.19. The van der Waals surface area contributed by atoms with Gasteiger partial charge in [0.15, 0.2) is 6.61 Å². The Morgan fingerprint density at radius 3 is 2.18 bits per heavy atom. The Bertz CT molecular complexity index is 1010. The largest absolute Gasteiger partial charge is 0.484 e. The van der Waals surface area contributed by atoms with Crippen molar-refractivity contribution in [3.63, 3.8) is 0 Å². The molecule has 0 saturated carbocycles. The van der Waals surface area contributed by atoms with Gasteiger partial charge in [0.1, 0.15) is 17.6 Å². The molecule has 0 bridgehead atoms. The molecule has 5 nitrogen and oxygen atoms in total. The van der Waals surface area contributed by atoms with Crippen molar-refractivity contribution >= 4 is 11.8 Å². The first-order valence-corrected chi connectivity index (χ1v) is 11.1. The summed E-state index contributed by atoms with van der Waals surface area (Å²) in [6.45, 7) is 2.44. The number of rotatable bonds is 11. The highest BCUT2D eigenvalue weighted by Crippen LogP contribution is 2.16. The van der Waals surface area contributed by atoms with Gasteiger partial charge in [-0.3, -0.25) is 9.59 Å². The Hall–Kier alpha value is -3.67. The minimum Gasteiger partial charge on any atom is -0.484 e. The van der Waals surface area contributed by atoms with Crippen molar-refractivity contribution in [2.45, 2.75) is 32.4 Å². The van der Waals surface area contributed by atoms with E-state index in [1.165, 1.54) is 17.0 Å². The van der Waals surface area contributed by atoms with Crippen LogP contribution in [0.3, 0.4) is 0 Å². The predicted octanol–water partition coefficient (Wildman–Crippen LogP) is 4.37. The van der Waals surface area contributed by atoms with Gasteiger partial charge in [0, 0.05) is 19.5 Å². The molecule has 0 radical (unpaired) electrons. The van der Waals surface area contributed by atoms with E-state index in [1.54, 1.807) is 24.3 Å². The van der Waals surface area contributed by atoms with Crippen molar-refractivity contribution in [2.24, 2.45) is 0 Å². The quantitative estimate of drug-likeness (QED) is 0.474. The lowest BCUT2D eigenvalue weighted by Crippen LogP contribution is -2.51. The van der Waals surface area contributed by atoms with E-state index in [-0.39, 0.29) is 30.8 Å². The van der Waals surface area contributed by atoms with Crippen LogP contribution < -0.4 is 10.1 Å². The second-order valence-corrected chi connectivity index (χ2v) is 7.75. The zero-order valence-corrected chi connectivity index (χ0v) is 18.7. The number of halogens is 1. The lowest BCUT2D eigenvalue weighted by atomic mass is 10.0. The van der Waals surface area contributed by atoms with Gasteiger partial charge in [0.2, 0.25) is 5.91 Å². The lowest BCUT2D eigenvalue weighted by Gasteiger charge is -2.31. The maximum Gasteiger partial charge on any atom is 0.261 e. The van der Waals surface area contributed by atoms with Crippen LogP contribution in [0.25, 0.3) is 0 Å². The second-order valence-electron chi connectivity index (χ2n) is 7.75. The maximum absolute atomic E-state index is 13.4. The molecule has 2 amide bonds. The fourth-order valence-corrected chi connectivity index (χ4v) is 3.45. The van der Waals surface area contributed by atoms with Crippen LogP contribution in [0.2, 0.25) is 0 Å². The minimum absolute atomic E-state index is 0.161. The summed E-state index contributed by atoms with van der Waals surface area (Å²) in [7, 11) is 0. The number of nitrogens with zero attached hydrogens (tertiary/aromatic N) is 1. The van der Waals surface area contributed by atoms with E-state index in [4.69, 9.17) is 4.74 Å². The first-order chi connectivity index (χ1) is 16.1. The third kappa shape index (κ3) is 7.45. The molecule has 172 valence electrons. The minimum atomic E-state index is -0.740. The van der Waals surface area contributed by atoms with Gasteiger partial charge in [-0.05, 0) is 41.8 Å². The zero-order valence-electron chi connectivity index (χ0n) is 18.7. The van der Waals surface area contributed by atoms with Gasteiger partial charge in [0.05, 0.1) is 0 Å². The Morgan fingerprint density at radius 2 is 1.55 bits per heavy atom. The molecule has 0 unspecified atom stereocenters. The molecule has 0 aliphatic rings. The number of carbonyl (C=O) groups is 2. The molecule has 1 atom stereocenters. The molecular formula is C27H29FN2O3. The first-order valence-electron chi connectivity index (χ1n) is 11.1. The summed E-state index contributed by atoms with van der Waals surface area (Å²) in [4.78, 5) is 28.0. The van der Waals surface area contributed by atoms with Gasteiger partial charge in [-0.15, -0.1) is 0 Å². The van der Waals surface area contributed by atoms with Crippen LogP contribution in [-0.4, -0.2) is 35.9 Å². The number of amides is 2. The van der Waals surface area contributed by atoms with Crippen LogP contribution >= 0.6 is 0 Å². The predicted molar refractivity (Wildman–Crippen MR) is 126 cm³/mol. The maximum atomic E-state index is 13.4. The van der Waals surface area contributed by atoms with E-state index < -0.39 is 6.04 Å². The van der Waals surface area contributed by atoms with Crippen LogP contribution in [0, 0.1) is 5.82 Å². The van der Waals surface area contributed by atoms with E-state index in [1.807, 2.05) is 55.5 Å². The average molecular weight is 449 g/mol. The van der Waals surface area contributed by atoms with Crippen molar-refractivity contribution in [3.05, 3.63) is 102 Å². The van der Waals surface area contributed by atoms with E-state index in [0.29, 0.717) is 18.7 Å². The van der Waals surface area contributed by atoms with Gasteiger partial charge in [-0.25, -0.2) is 4.39 Å². The molecule has 3 aromatic rings. The van der Waals surface area contributed by atoms with E-state index in [9.17, 15) is 14.0 Å². The van der Waals surface area contributed by atoms with Gasteiger partial charge < -0.3 is 15.0 Å². The fraction of sp³-hybridized carbons (Fsp3) is 0.259. The number of benzene rings is 3. The summed E-state index contributed by atoms with van der Waals surface area (Å²) in [6, 6.07) is 23.8. The molecule has 0 heterocycles. The molecular weight excluding hydrogens is 419 g/mol. The van der Waals surface area contributed by atoms with Gasteiger partial charge in [-0.2, -0.15) is 0 Å². The molecule has 6 heteroatoms. The summed E-state index contributed by atoms with van der Waals surface area (Å²) in [5, 5.41) is 2.92. The molecule has 0 saturated heterocycles. The fourth-order valence-electron chi connectivity index (χ4n) is 3.45. The van der Waals surface area contributed by atoms with Crippen LogP contribution in [0.5, 0.6) is 5.75 Å². The summed E-state index contributed by atoms with van der Waals surface area (Å²) < 4.78 is 19.1. The summed E-state index contributed by atoms with van der Waals surface area (Å²) in [5.74, 6) is -0.333. The third-order valence-corrected chi connectivity index (χ3v) is 5.19. The van der Waals surface area contributed by atoms with Crippen LogP contribution in [0.15, 0.2) is 84.9 Å². The van der Waals surface area contributed by atoms with Gasteiger partial charge in [-0.1, -0.05) is 67.6 Å². The molecule has 33 heavy (non-hydrogen) atoms. The van der Waals surface area contributed by atoms with Crippen molar-refractivity contribution in [2.75, 3.05) is 13.2 Å². The molecule has 0 aliphatic heterocycles. The average Bonchev–Trinajstić information content (AvgIpc) is 2.85. The van der Waals surface area contributed by atoms with Crippen LogP contribution in [0.4, 0.5) is 4.39 Å². The zero-order chi connectivity index (χ0) is 23.5. The van der Waals surface area contributed by atoms with Gasteiger partial charge >= 0.3 is 0 Å². The second kappa shape index (κ2) is 12.4. The monoisotopic (exact) mass is 448 g/mol. The van der Waals surface area contributed by atoms with E-state index in [0.717, 1.165) is 17.5 Å². The van der Waals surface area contributed by atoms with Crippen molar-refractivity contribution in [1.29, 1.82) is 0 Å². The highest BCUT2D eigenvalue weighted by atomic mass is 19.1. The Kier molecular flexibility index (Phi) is 9.00. The molecule has 3 rings (SSSR count). The number of hydrogen-bond acceptors (Lipinski definition) is 3. The molecule has 1 N–H and O–H groups in total. The topological polar surface area (TPSA) is 58.6 Å². The molecule has 3 aromatic carbocycles. The smallest absolute Gasteiger partial charge is 0.261 e. The van der Waals surface area contributed by atoms with E-state index in [2.05, 4.69) is 5.32 Å². The van der Waals surface area contributed by atoms with Crippen molar-refractivity contribution < 1.29 is 18.7 Å². The highest BCUT2D eigenvalue weighted by molar-refractivity contribution is 5.88. The number of hydrogen-bond donors (Lipinski definition) is 1. The molecule has 0 spiro atoms. The van der Waals surface area contributed by atoms with Crippen molar-refractivity contribution in [3.8, 4) is 5.75 Å². The lowest BCUT2D eigenvalue weighted by molar-refractivity contribution is -0.142. The molecule has 0 aromatic heterocycles. The summed E-state index contributed by atoms with van der Waals surface area (Å²) >= 11 is 0. The molecule has 0 aliphatic carbocycles.